The normalized spacial score (nSPS) is 13.2. The highest BCUT2D eigenvalue weighted by atomic mass is 16.3. The Balaban J connectivity index is 1.10. The molecule has 0 aliphatic carbocycles. The van der Waals surface area contributed by atoms with E-state index in [2.05, 4.69) is 245 Å². The summed E-state index contributed by atoms with van der Waals surface area (Å²) in [7, 11) is 0. The molecule has 2 aliphatic heterocycles. The smallest absolute Gasteiger partial charge is 0.252 e. The van der Waals surface area contributed by atoms with Crippen LogP contribution in [0.3, 0.4) is 0 Å². The monoisotopic (exact) mass is 850 g/mol. The van der Waals surface area contributed by atoms with Crippen LogP contribution in [0, 0.1) is 0 Å². The fourth-order valence-electron chi connectivity index (χ4n) is 10.6. The Kier molecular flexibility index (Phi) is 9.09. The van der Waals surface area contributed by atoms with E-state index >= 15 is 0 Å². The zero-order chi connectivity index (χ0) is 44.9. The minimum atomic E-state index is -0.0425. The van der Waals surface area contributed by atoms with Crippen LogP contribution < -0.4 is 26.2 Å². The first-order chi connectivity index (χ1) is 32.0. The second-order valence-electron chi connectivity index (χ2n) is 20.1. The first-order valence-corrected chi connectivity index (χ1v) is 23.3. The van der Waals surface area contributed by atoms with Crippen LogP contribution in [0.1, 0.15) is 52.7 Å². The summed E-state index contributed by atoms with van der Waals surface area (Å²) in [6.07, 6.45) is 0. The maximum absolute atomic E-state index is 6.33. The molecule has 318 valence electrons. The van der Waals surface area contributed by atoms with Crippen LogP contribution in [0.2, 0.25) is 0 Å². The molecule has 0 N–H and O–H groups in total. The molecule has 0 saturated carbocycles. The molecule has 66 heavy (non-hydrogen) atoms. The first-order valence-electron chi connectivity index (χ1n) is 23.3. The number of rotatable bonds is 5. The summed E-state index contributed by atoms with van der Waals surface area (Å²) in [5, 5.41) is 2.29. The lowest BCUT2D eigenvalue weighted by Gasteiger charge is -2.45. The maximum atomic E-state index is 6.33. The van der Waals surface area contributed by atoms with Crippen molar-refractivity contribution in [1.29, 1.82) is 0 Å². The van der Waals surface area contributed by atoms with Crippen LogP contribution >= 0.6 is 0 Å². The van der Waals surface area contributed by atoms with Crippen molar-refractivity contribution in [3.63, 3.8) is 0 Å². The van der Waals surface area contributed by atoms with E-state index in [0.29, 0.717) is 0 Å². The van der Waals surface area contributed by atoms with Gasteiger partial charge in [0.2, 0.25) is 0 Å². The number of hydrogen-bond donors (Lipinski definition) is 0. The molecule has 9 aromatic carbocycles. The van der Waals surface area contributed by atoms with Crippen molar-refractivity contribution in [2.45, 2.75) is 52.4 Å². The van der Waals surface area contributed by atoms with Gasteiger partial charge in [-0.25, -0.2) is 0 Å². The van der Waals surface area contributed by atoms with Gasteiger partial charge in [0.1, 0.15) is 11.2 Å². The molecule has 10 aromatic rings. The van der Waals surface area contributed by atoms with Crippen molar-refractivity contribution in [1.82, 2.24) is 0 Å². The zero-order valence-corrected chi connectivity index (χ0v) is 38.4. The van der Waals surface area contributed by atoms with Crippen molar-refractivity contribution < 1.29 is 4.42 Å². The third-order valence-corrected chi connectivity index (χ3v) is 14.0. The van der Waals surface area contributed by atoms with Crippen LogP contribution in [0.4, 0.5) is 34.1 Å². The average molecular weight is 851 g/mol. The quantitative estimate of drug-likeness (QED) is 0.161. The van der Waals surface area contributed by atoms with E-state index in [0.717, 1.165) is 38.9 Å². The fraction of sp³-hybridized carbons (Fsp3) is 0.129. The number of hydrogen-bond acceptors (Lipinski definition) is 3. The number of fused-ring (bicyclic) bond motifs is 7. The average Bonchev–Trinajstić information content (AvgIpc) is 3.73. The van der Waals surface area contributed by atoms with E-state index in [9.17, 15) is 0 Å². The van der Waals surface area contributed by atoms with Crippen LogP contribution in [0.15, 0.2) is 205 Å². The molecule has 0 bridgehead atoms. The van der Waals surface area contributed by atoms with Gasteiger partial charge < -0.3 is 14.2 Å². The molecule has 2 aliphatic rings. The van der Waals surface area contributed by atoms with E-state index in [1.807, 2.05) is 6.07 Å². The summed E-state index contributed by atoms with van der Waals surface area (Å²) >= 11 is 0. The molecule has 12 rings (SSSR count). The van der Waals surface area contributed by atoms with Gasteiger partial charge in [-0.15, -0.1) is 0 Å². The van der Waals surface area contributed by atoms with Crippen LogP contribution in [-0.2, 0) is 10.8 Å². The van der Waals surface area contributed by atoms with Gasteiger partial charge >= 0.3 is 0 Å². The molecule has 1 aromatic heterocycles. The van der Waals surface area contributed by atoms with E-state index in [1.54, 1.807) is 0 Å². The Bertz CT molecular complexity index is 3500. The van der Waals surface area contributed by atoms with Gasteiger partial charge in [0.25, 0.3) is 6.71 Å². The van der Waals surface area contributed by atoms with E-state index < -0.39 is 0 Å². The highest BCUT2D eigenvalue weighted by Gasteiger charge is 2.44. The fourth-order valence-corrected chi connectivity index (χ4v) is 10.6. The largest absolute Gasteiger partial charge is 0.456 e. The molecule has 0 saturated heterocycles. The first kappa shape index (κ1) is 40.0. The highest BCUT2D eigenvalue weighted by Crippen LogP contribution is 2.48. The van der Waals surface area contributed by atoms with Gasteiger partial charge in [-0.1, -0.05) is 181 Å². The standard InChI is InChI=1S/C62H51BN2O/c1-61(2,3)44-31-36-53-51(38-44)63-50-34-30-45(62(4,5)6)39-56(50)64(46-32-27-42(28-33-46)47-22-15-26-58-59(47)48-21-13-14-25-57(48)66-58)54-23-16-24-55(60(54)63)65(53)52-35-29-43(40-17-9-7-10-18-40)37-49(52)41-19-11-8-12-20-41/h7-39H,1-6H3. The van der Waals surface area contributed by atoms with Gasteiger partial charge in [0.15, 0.2) is 0 Å². The summed E-state index contributed by atoms with van der Waals surface area (Å²) in [5.41, 5.74) is 22.6. The second-order valence-corrected chi connectivity index (χ2v) is 20.1. The van der Waals surface area contributed by atoms with Crippen molar-refractivity contribution >= 4 is 79.2 Å². The Morgan fingerprint density at radius 3 is 1.71 bits per heavy atom. The molecule has 0 unspecified atom stereocenters. The predicted molar refractivity (Wildman–Crippen MR) is 281 cm³/mol. The molecule has 0 amide bonds. The van der Waals surface area contributed by atoms with Crippen LogP contribution in [0.25, 0.3) is 55.3 Å². The van der Waals surface area contributed by atoms with Gasteiger partial charge in [0, 0.05) is 44.8 Å². The van der Waals surface area contributed by atoms with Crippen molar-refractivity contribution in [2.24, 2.45) is 0 Å². The molecule has 0 atom stereocenters. The lowest BCUT2D eigenvalue weighted by Crippen LogP contribution is -2.61. The number of para-hydroxylation sites is 1. The van der Waals surface area contributed by atoms with Crippen molar-refractivity contribution in [3.05, 3.63) is 211 Å². The Morgan fingerprint density at radius 2 is 0.970 bits per heavy atom. The topological polar surface area (TPSA) is 19.6 Å². The summed E-state index contributed by atoms with van der Waals surface area (Å²) in [6.45, 7) is 14.0. The van der Waals surface area contributed by atoms with Gasteiger partial charge in [-0.3, -0.25) is 0 Å². The number of nitrogens with zero attached hydrogens (tertiary/aromatic N) is 2. The molecular formula is C62H51BN2O. The SMILES string of the molecule is CC(C)(C)c1ccc2c(c1)B1c3ccc(C(C)(C)C)cc3N(c3ccc(-c4cccc5oc6ccccc6c45)cc3)c3cccc(c31)N2c1ccc(-c2ccccc2)cc1-c1ccccc1. The van der Waals surface area contributed by atoms with Gasteiger partial charge in [-0.05, 0) is 127 Å². The van der Waals surface area contributed by atoms with Gasteiger partial charge in [0.05, 0.1) is 5.69 Å². The lowest BCUT2D eigenvalue weighted by molar-refractivity contribution is 0.590. The predicted octanol–water partition coefficient (Wildman–Crippen LogP) is 15.3. The summed E-state index contributed by atoms with van der Waals surface area (Å²) in [4.78, 5) is 5.09. The molecule has 0 fully saturated rings. The molecule has 3 nitrogen and oxygen atoms in total. The van der Waals surface area contributed by atoms with Gasteiger partial charge in [-0.2, -0.15) is 0 Å². The molecular weight excluding hydrogens is 800 g/mol. The Hall–Kier alpha value is -7.56. The molecule has 4 heteroatoms. The summed E-state index contributed by atoms with van der Waals surface area (Å²) in [6, 6.07) is 74.1. The lowest BCUT2D eigenvalue weighted by atomic mass is 9.33. The number of furan rings is 1. The van der Waals surface area contributed by atoms with Crippen molar-refractivity contribution in [3.8, 4) is 33.4 Å². The van der Waals surface area contributed by atoms with E-state index in [4.69, 9.17) is 4.42 Å². The maximum Gasteiger partial charge on any atom is 0.252 e. The summed E-state index contributed by atoms with van der Waals surface area (Å²) in [5.74, 6) is 0. The minimum absolute atomic E-state index is 0.0139. The number of benzene rings is 9. The Morgan fingerprint density at radius 1 is 0.379 bits per heavy atom. The number of anilines is 6. The van der Waals surface area contributed by atoms with Crippen LogP contribution in [-0.4, -0.2) is 6.71 Å². The van der Waals surface area contributed by atoms with E-state index in [-0.39, 0.29) is 17.5 Å². The zero-order valence-electron chi connectivity index (χ0n) is 38.4. The second kappa shape index (κ2) is 15.0. The highest BCUT2D eigenvalue weighted by molar-refractivity contribution is 7.00. The molecule has 0 spiro atoms. The van der Waals surface area contributed by atoms with Crippen LogP contribution in [0.5, 0.6) is 0 Å². The summed E-state index contributed by atoms with van der Waals surface area (Å²) < 4.78 is 6.33. The van der Waals surface area contributed by atoms with Crippen molar-refractivity contribution in [2.75, 3.05) is 9.80 Å². The minimum Gasteiger partial charge on any atom is -0.456 e. The Labute approximate surface area is 388 Å². The molecule has 0 radical (unpaired) electrons. The molecule has 3 heterocycles. The third-order valence-electron chi connectivity index (χ3n) is 14.0. The van der Waals surface area contributed by atoms with E-state index in [1.165, 1.54) is 78.1 Å². The third kappa shape index (κ3) is 6.42.